The van der Waals surface area contributed by atoms with Crippen LogP contribution in [-0.4, -0.2) is 29.1 Å². The predicted octanol–water partition coefficient (Wildman–Crippen LogP) is 2.98. The molecule has 2 N–H and O–H groups in total. The number of rotatable bonds is 2. The molecule has 4 aliphatic rings. The van der Waals surface area contributed by atoms with Crippen LogP contribution in [0.3, 0.4) is 0 Å². The minimum atomic E-state index is -0.675. The van der Waals surface area contributed by atoms with Gasteiger partial charge in [-0.05, 0) is 37.2 Å². The summed E-state index contributed by atoms with van der Waals surface area (Å²) < 4.78 is 0. The largest absolute Gasteiger partial charge is 0.481 e. The van der Waals surface area contributed by atoms with Crippen molar-refractivity contribution in [3.8, 4) is 0 Å². The lowest BCUT2D eigenvalue weighted by Gasteiger charge is -2.40. The molecule has 6 rings (SSSR count). The molecule has 0 amide bonds. The molecule has 1 saturated carbocycles. The number of benzene rings is 1. The first kappa shape index (κ1) is 11.7. The van der Waals surface area contributed by atoms with E-state index in [1.54, 1.807) is 0 Å². The number of anilines is 1. The Kier molecular flexibility index (Phi) is 2.01. The molecular weight excluding hydrogens is 264 g/mol. The minimum Gasteiger partial charge on any atom is -0.481 e. The average molecular weight is 282 g/mol. The Morgan fingerprint density at radius 3 is 2.71 bits per heavy atom. The summed E-state index contributed by atoms with van der Waals surface area (Å²) in [6.45, 7) is 2.26. The van der Waals surface area contributed by atoms with Crippen LogP contribution < -0.4 is 4.90 Å². The van der Waals surface area contributed by atoms with Crippen molar-refractivity contribution in [3.63, 3.8) is 0 Å². The Hall–Kier alpha value is -1.97. The minimum absolute atomic E-state index is 0.638. The summed E-state index contributed by atoms with van der Waals surface area (Å²) in [7, 11) is 0. The number of carboxylic acids is 1. The van der Waals surface area contributed by atoms with Crippen molar-refractivity contribution in [2.75, 3.05) is 18.0 Å². The standard InChI is InChI=1S/C17H18N2O2/c20-16(21)17(6-7-17)12-3-1-2-11-13-10-4-8-19(9-5-10)15(13)18-14(11)12/h1-3,10,18H,4-9H2,(H,20,21). The third-order valence-corrected chi connectivity index (χ3v) is 5.75. The smallest absolute Gasteiger partial charge is 0.314 e. The van der Waals surface area contributed by atoms with Crippen LogP contribution in [-0.2, 0) is 10.2 Å². The number of aromatic amines is 1. The molecule has 0 radical (unpaired) electrons. The lowest BCUT2D eigenvalue weighted by Crippen LogP contribution is -2.38. The number of hydrogen-bond acceptors (Lipinski definition) is 2. The highest BCUT2D eigenvalue weighted by Crippen LogP contribution is 2.53. The van der Waals surface area contributed by atoms with Crippen LogP contribution in [0.5, 0.6) is 0 Å². The van der Waals surface area contributed by atoms with Crippen molar-refractivity contribution in [1.29, 1.82) is 0 Å². The number of nitrogens with zero attached hydrogens (tertiary/aromatic N) is 1. The number of aliphatic carboxylic acids is 1. The van der Waals surface area contributed by atoms with E-state index >= 15 is 0 Å². The molecule has 21 heavy (non-hydrogen) atoms. The zero-order chi connectivity index (χ0) is 14.2. The Balaban J connectivity index is 1.80. The summed E-state index contributed by atoms with van der Waals surface area (Å²) in [5, 5.41) is 10.9. The molecule has 0 unspecified atom stereocenters. The second-order valence-electron chi connectivity index (χ2n) is 6.76. The van der Waals surface area contributed by atoms with Crippen LogP contribution in [0.25, 0.3) is 10.9 Å². The number of H-pyrrole nitrogens is 1. The first-order chi connectivity index (χ1) is 10.2. The fraction of sp³-hybridized carbons (Fsp3) is 0.471. The number of aromatic nitrogens is 1. The van der Waals surface area contributed by atoms with Crippen molar-refractivity contribution in [2.24, 2.45) is 0 Å². The van der Waals surface area contributed by atoms with Crippen LogP contribution in [0.4, 0.5) is 5.82 Å². The van der Waals surface area contributed by atoms with Gasteiger partial charge in [0.25, 0.3) is 0 Å². The Morgan fingerprint density at radius 1 is 1.29 bits per heavy atom. The van der Waals surface area contributed by atoms with Crippen molar-refractivity contribution >= 4 is 22.7 Å². The first-order valence-electron chi connectivity index (χ1n) is 7.84. The van der Waals surface area contributed by atoms with Gasteiger partial charge in [-0.25, -0.2) is 0 Å². The second-order valence-corrected chi connectivity index (χ2v) is 6.76. The molecule has 2 aromatic rings. The summed E-state index contributed by atoms with van der Waals surface area (Å²) in [6.07, 6.45) is 3.99. The monoisotopic (exact) mass is 282 g/mol. The highest BCUT2D eigenvalue weighted by atomic mass is 16.4. The van der Waals surface area contributed by atoms with Gasteiger partial charge in [0.05, 0.1) is 10.9 Å². The van der Waals surface area contributed by atoms with Crippen molar-refractivity contribution in [3.05, 3.63) is 29.3 Å². The average Bonchev–Trinajstić information content (AvgIpc) is 3.22. The highest BCUT2D eigenvalue weighted by Gasteiger charge is 2.53. The maximum Gasteiger partial charge on any atom is 0.314 e. The van der Waals surface area contributed by atoms with Gasteiger partial charge in [0, 0.05) is 24.0 Å². The van der Waals surface area contributed by atoms with E-state index < -0.39 is 11.4 Å². The van der Waals surface area contributed by atoms with Gasteiger partial charge in [0.2, 0.25) is 0 Å². The van der Waals surface area contributed by atoms with Crippen LogP contribution in [0, 0.1) is 0 Å². The summed E-state index contributed by atoms with van der Waals surface area (Å²) in [5.41, 5.74) is 2.86. The molecule has 1 saturated heterocycles. The zero-order valence-corrected chi connectivity index (χ0v) is 11.9. The molecule has 2 fully saturated rings. The van der Waals surface area contributed by atoms with E-state index in [1.165, 1.54) is 29.6 Å². The molecule has 0 atom stereocenters. The van der Waals surface area contributed by atoms with Gasteiger partial charge in [-0.1, -0.05) is 18.2 Å². The SMILES string of the molecule is O=C(O)C1(c2cccc3c4c([nH]c23)N2CCC4CC2)CC1. The van der Waals surface area contributed by atoms with E-state index in [-0.39, 0.29) is 0 Å². The number of nitrogens with one attached hydrogen (secondary N) is 1. The van der Waals surface area contributed by atoms with Crippen LogP contribution in [0.15, 0.2) is 18.2 Å². The normalized spacial score (nSPS) is 22.6. The third kappa shape index (κ3) is 1.33. The highest BCUT2D eigenvalue weighted by molar-refractivity contribution is 5.98. The van der Waals surface area contributed by atoms with E-state index in [2.05, 4.69) is 16.0 Å². The quantitative estimate of drug-likeness (QED) is 0.890. The summed E-state index contributed by atoms with van der Waals surface area (Å²) >= 11 is 0. The van der Waals surface area contributed by atoms with E-state index in [0.29, 0.717) is 5.92 Å². The molecule has 4 heterocycles. The third-order valence-electron chi connectivity index (χ3n) is 5.75. The van der Waals surface area contributed by atoms with Crippen molar-refractivity contribution < 1.29 is 9.90 Å². The maximum atomic E-state index is 11.7. The first-order valence-corrected chi connectivity index (χ1v) is 7.84. The molecule has 4 heteroatoms. The number of hydrogen-bond donors (Lipinski definition) is 2. The van der Waals surface area contributed by atoms with E-state index in [0.717, 1.165) is 37.0 Å². The van der Waals surface area contributed by atoms with Crippen molar-refractivity contribution in [2.45, 2.75) is 37.0 Å². The lowest BCUT2D eigenvalue weighted by molar-refractivity contribution is -0.140. The summed E-state index contributed by atoms with van der Waals surface area (Å²) in [4.78, 5) is 17.7. The van der Waals surface area contributed by atoms with E-state index in [4.69, 9.17) is 0 Å². The van der Waals surface area contributed by atoms with Gasteiger partial charge in [-0.15, -0.1) is 0 Å². The Morgan fingerprint density at radius 2 is 2.05 bits per heavy atom. The van der Waals surface area contributed by atoms with Crippen LogP contribution in [0.1, 0.15) is 42.7 Å². The number of carboxylic acid groups (broad SMARTS) is 1. The Bertz CT molecular complexity index is 764. The van der Waals surface area contributed by atoms with E-state index in [9.17, 15) is 9.90 Å². The summed E-state index contributed by atoms with van der Waals surface area (Å²) in [5.74, 6) is 1.22. The number of piperidine rings is 1. The van der Waals surface area contributed by atoms with Gasteiger partial charge in [-0.3, -0.25) is 4.79 Å². The van der Waals surface area contributed by atoms with E-state index in [1.807, 2.05) is 12.1 Å². The second kappa shape index (κ2) is 3.62. The molecule has 3 aliphatic heterocycles. The number of fused-ring (bicyclic) bond motifs is 3. The molecule has 1 aromatic carbocycles. The zero-order valence-electron chi connectivity index (χ0n) is 11.9. The summed E-state index contributed by atoms with van der Waals surface area (Å²) in [6, 6.07) is 6.20. The molecule has 1 aliphatic carbocycles. The molecule has 108 valence electrons. The van der Waals surface area contributed by atoms with Gasteiger partial charge in [0.1, 0.15) is 5.82 Å². The van der Waals surface area contributed by atoms with Crippen LogP contribution >= 0.6 is 0 Å². The molecule has 1 aromatic heterocycles. The fourth-order valence-corrected chi connectivity index (χ4v) is 4.40. The maximum absolute atomic E-state index is 11.7. The van der Waals surface area contributed by atoms with Crippen molar-refractivity contribution in [1.82, 2.24) is 4.98 Å². The van der Waals surface area contributed by atoms with Gasteiger partial charge < -0.3 is 15.0 Å². The van der Waals surface area contributed by atoms with Gasteiger partial charge in [-0.2, -0.15) is 0 Å². The molecule has 2 bridgehead atoms. The van der Waals surface area contributed by atoms with Gasteiger partial charge in [0.15, 0.2) is 0 Å². The molecule has 0 spiro atoms. The fourth-order valence-electron chi connectivity index (χ4n) is 4.40. The topological polar surface area (TPSA) is 56.3 Å². The lowest BCUT2D eigenvalue weighted by atomic mass is 9.83. The number of carbonyl (C=O) groups is 1. The Labute approximate surface area is 122 Å². The number of para-hydroxylation sites is 1. The molecule has 4 nitrogen and oxygen atoms in total. The van der Waals surface area contributed by atoms with Crippen LogP contribution in [0.2, 0.25) is 0 Å². The molecular formula is C17H18N2O2. The van der Waals surface area contributed by atoms with Gasteiger partial charge >= 0.3 is 5.97 Å². The predicted molar refractivity (Wildman–Crippen MR) is 81.0 cm³/mol.